The van der Waals surface area contributed by atoms with Crippen LogP contribution in [-0.4, -0.2) is 5.78 Å². The van der Waals surface area contributed by atoms with Crippen LogP contribution in [0.15, 0.2) is 12.2 Å². The van der Waals surface area contributed by atoms with Crippen LogP contribution in [-0.2, 0) is 4.79 Å². The Morgan fingerprint density at radius 3 is 2.69 bits per heavy atom. The lowest BCUT2D eigenvalue weighted by atomic mass is 9.44. The summed E-state index contributed by atoms with van der Waals surface area (Å²) in [5, 5.41) is 0. The van der Waals surface area contributed by atoms with Crippen LogP contribution < -0.4 is 0 Å². The Bertz CT molecular complexity index is 379. The highest BCUT2D eigenvalue weighted by Crippen LogP contribution is 2.70. The van der Waals surface area contributed by atoms with Crippen molar-refractivity contribution in [2.24, 2.45) is 28.6 Å². The molecular formula is C15H22O. The number of fused-ring (bicyclic) bond motifs is 2. The summed E-state index contributed by atoms with van der Waals surface area (Å²) in [6.45, 7) is 11.2. The van der Waals surface area contributed by atoms with E-state index in [1.165, 1.54) is 18.4 Å². The van der Waals surface area contributed by atoms with E-state index in [0.29, 0.717) is 23.0 Å². The van der Waals surface area contributed by atoms with E-state index in [4.69, 9.17) is 0 Å². The van der Waals surface area contributed by atoms with Gasteiger partial charge in [-0.15, -0.1) is 0 Å². The molecule has 1 nitrogen and oxygen atoms in total. The molecule has 4 aliphatic carbocycles. The first kappa shape index (κ1) is 10.6. The summed E-state index contributed by atoms with van der Waals surface area (Å²) in [7, 11) is 0. The summed E-state index contributed by atoms with van der Waals surface area (Å²) >= 11 is 0. The molecule has 4 aliphatic rings. The maximum Gasteiger partial charge on any atom is 0.136 e. The molecule has 0 N–H and O–H groups in total. The van der Waals surface area contributed by atoms with Crippen molar-refractivity contribution in [2.75, 3.05) is 0 Å². The number of hydrogen-bond donors (Lipinski definition) is 0. The monoisotopic (exact) mass is 218 g/mol. The molecular weight excluding hydrogens is 196 g/mol. The van der Waals surface area contributed by atoms with Crippen LogP contribution in [0.25, 0.3) is 0 Å². The van der Waals surface area contributed by atoms with Crippen molar-refractivity contribution in [2.45, 2.75) is 46.5 Å². The lowest BCUT2D eigenvalue weighted by Crippen LogP contribution is -2.53. The van der Waals surface area contributed by atoms with Crippen LogP contribution in [0.3, 0.4) is 0 Å². The van der Waals surface area contributed by atoms with Gasteiger partial charge in [0.25, 0.3) is 0 Å². The van der Waals surface area contributed by atoms with Crippen molar-refractivity contribution in [1.29, 1.82) is 0 Å². The lowest BCUT2D eigenvalue weighted by Gasteiger charge is -2.60. The van der Waals surface area contributed by atoms with Gasteiger partial charge in [0.05, 0.1) is 0 Å². The highest BCUT2D eigenvalue weighted by atomic mass is 16.1. The predicted molar refractivity (Wildman–Crippen MR) is 65.0 cm³/mol. The molecule has 0 aromatic rings. The topological polar surface area (TPSA) is 17.1 Å². The SMILES string of the molecule is C=C1CC23CCC1C(C)(C)C2CC(=O)C3C. The molecule has 0 aliphatic heterocycles. The fourth-order valence-electron chi connectivity index (χ4n) is 5.27. The summed E-state index contributed by atoms with van der Waals surface area (Å²) in [5.74, 6) is 2.06. The number of rotatable bonds is 0. The van der Waals surface area contributed by atoms with E-state index >= 15 is 0 Å². The first-order valence-corrected chi connectivity index (χ1v) is 6.60. The van der Waals surface area contributed by atoms with Crippen molar-refractivity contribution < 1.29 is 4.79 Å². The number of carbonyl (C=O) groups is 1. The fraction of sp³-hybridized carbons (Fsp3) is 0.800. The highest BCUT2D eigenvalue weighted by Gasteiger charge is 2.64. The number of Topliss-reactive ketones (excluding diaryl/α,β-unsaturated/α-hetero) is 1. The maximum absolute atomic E-state index is 12.1. The van der Waals surface area contributed by atoms with Crippen LogP contribution in [0.5, 0.6) is 0 Å². The highest BCUT2D eigenvalue weighted by molar-refractivity contribution is 5.85. The minimum Gasteiger partial charge on any atom is -0.299 e. The zero-order chi connectivity index (χ0) is 11.7. The molecule has 0 aromatic carbocycles. The van der Waals surface area contributed by atoms with Gasteiger partial charge < -0.3 is 0 Å². The largest absolute Gasteiger partial charge is 0.299 e. The van der Waals surface area contributed by atoms with Crippen molar-refractivity contribution in [3.8, 4) is 0 Å². The molecule has 88 valence electrons. The molecule has 2 bridgehead atoms. The molecule has 1 spiro atoms. The molecule has 4 saturated carbocycles. The van der Waals surface area contributed by atoms with Crippen LogP contribution in [0.2, 0.25) is 0 Å². The molecule has 4 unspecified atom stereocenters. The molecule has 4 rings (SSSR count). The van der Waals surface area contributed by atoms with Gasteiger partial charge in [0, 0.05) is 12.3 Å². The minimum absolute atomic E-state index is 0.273. The van der Waals surface area contributed by atoms with Crippen LogP contribution in [0, 0.1) is 28.6 Å². The second-order valence-electron chi connectivity index (χ2n) is 6.93. The molecule has 0 aromatic heterocycles. The number of ketones is 1. The van der Waals surface area contributed by atoms with E-state index < -0.39 is 0 Å². The summed E-state index contributed by atoms with van der Waals surface area (Å²) in [6.07, 6.45) is 4.48. The van der Waals surface area contributed by atoms with E-state index in [2.05, 4.69) is 27.4 Å². The first-order valence-electron chi connectivity index (χ1n) is 6.60. The summed E-state index contributed by atoms with van der Waals surface area (Å²) in [6, 6.07) is 0. The Morgan fingerprint density at radius 1 is 1.38 bits per heavy atom. The smallest absolute Gasteiger partial charge is 0.136 e. The van der Waals surface area contributed by atoms with Crippen LogP contribution in [0.1, 0.15) is 46.5 Å². The third-order valence-electron chi connectivity index (χ3n) is 6.19. The second-order valence-corrected chi connectivity index (χ2v) is 6.93. The van der Waals surface area contributed by atoms with Gasteiger partial charge >= 0.3 is 0 Å². The second kappa shape index (κ2) is 2.80. The van der Waals surface area contributed by atoms with Gasteiger partial charge in [-0.3, -0.25) is 4.79 Å². The molecule has 0 saturated heterocycles. The van der Waals surface area contributed by atoms with Gasteiger partial charge in [-0.1, -0.05) is 32.9 Å². The normalized spacial score (nSPS) is 49.6. The third-order valence-corrected chi connectivity index (χ3v) is 6.19. The van der Waals surface area contributed by atoms with Gasteiger partial charge in [0.2, 0.25) is 0 Å². The van der Waals surface area contributed by atoms with E-state index in [1.807, 2.05) is 0 Å². The first-order chi connectivity index (χ1) is 7.39. The maximum atomic E-state index is 12.1. The fourth-order valence-corrected chi connectivity index (χ4v) is 5.27. The Balaban J connectivity index is 2.14. The Hall–Kier alpha value is -0.590. The van der Waals surface area contributed by atoms with E-state index in [-0.39, 0.29) is 11.3 Å². The van der Waals surface area contributed by atoms with Crippen LogP contribution >= 0.6 is 0 Å². The molecule has 0 heterocycles. The summed E-state index contributed by atoms with van der Waals surface area (Å²) in [5.41, 5.74) is 2.01. The number of carbonyl (C=O) groups excluding carboxylic acids is 1. The van der Waals surface area contributed by atoms with E-state index in [0.717, 1.165) is 12.8 Å². The summed E-state index contributed by atoms with van der Waals surface area (Å²) in [4.78, 5) is 12.1. The van der Waals surface area contributed by atoms with Crippen molar-refractivity contribution >= 4 is 5.78 Å². The molecule has 4 atom stereocenters. The molecule has 4 fully saturated rings. The molecule has 0 amide bonds. The zero-order valence-corrected chi connectivity index (χ0v) is 10.7. The van der Waals surface area contributed by atoms with Crippen molar-refractivity contribution in [3.63, 3.8) is 0 Å². The van der Waals surface area contributed by atoms with Gasteiger partial charge in [0.1, 0.15) is 5.78 Å². The van der Waals surface area contributed by atoms with Gasteiger partial charge in [0.15, 0.2) is 0 Å². The number of hydrogen-bond acceptors (Lipinski definition) is 1. The van der Waals surface area contributed by atoms with Gasteiger partial charge in [-0.25, -0.2) is 0 Å². The van der Waals surface area contributed by atoms with Crippen molar-refractivity contribution in [1.82, 2.24) is 0 Å². The number of allylic oxidation sites excluding steroid dienone is 1. The quantitative estimate of drug-likeness (QED) is 0.568. The van der Waals surface area contributed by atoms with Gasteiger partial charge in [-0.2, -0.15) is 0 Å². The summed E-state index contributed by atoms with van der Waals surface area (Å²) < 4.78 is 0. The van der Waals surface area contributed by atoms with Crippen LogP contribution in [0.4, 0.5) is 0 Å². The van der Waals surface area contributed by atoms with E-state index in [9.17, 15) is 4.79 Å². The zero-order valence-electron chi connectivity index (χ0n) is 10.7. The van der Waals surface area contributed by atoms with Gasteiger partial charge in [-0.05, 0) is 41.9 Å². The Labute approximate surface area is 98.3 Å². The predicted octanol–water partition coefficient (Wildman–Crippen LogP) is 3.59. The van der Waals surface area contributed by atoms with E-state index in [1.54, 1.807) is 0 Å². The third kappa shape index (κ3) is 0.959. The molecule has 16 heavy (non-hydrogen) atoms. The van der Waals surface area contributed by atoms with Crippen molar-refractivity contribution in [3.05, 3.63) is 12.2 Å². The Kier molecular flexibility index (Phi) is 1.85. The standard InChI is InChI=1S/C15H22O/c1-9-8-15-6-5-11(9)14(3,4)13(15)7-12(16)10(15)2/h10-11,13H,1,5-8H2,2-4H3. The minimum atomic E-state index is 0.273. The molecule has 0 radical (unpaired) electrons. The Morgan fingerprint density at radius 2 is 2.06 bits per heavy atom. The average Bonchev–Trinajstić information content (AvgIpc) is 2.44. The molecule has 1 heteroatoms. The average molecular weight is 218 g/mol. The lowest BCUT2D eigenvalue weighted by molar-refractivity contribution is -0.122.